The van der Waals surface area contributed by atoms with Gasteiger partial charge in [0.25, 0.3) is 11.8 Å². The van der Waals surface area contributed by atoms with Crippen LogP contribution in [0.2, 0.25) is 5.02 Å². The Labute approximate surface area is 225 Å². The number of carbonyl (C=O) groups excluding carboxylic acids is 3. The van der Waals surface area contributed by atoms with Gasteiger partial charge >= 0.3 is 6.03 Å². The van der Waals surface area contributed by atoms with E-state index >= 15 is 0 Å². The second-order valence-corrected chi connectivity index (χ2v) is 9.69. The van der Waals surface area contributed by atoms with Crippen LogP contribution >= 0.6 is 34.2 Å². The molecule has 0 saturated carbocycles. The number of halogens is 2. The number of urea groups is 1. The average molecular weight is 609 g/mol. The number of hydrogen-bond donors (Lipinski definition) is 1. The van der Waals surface area contributed by atoms with Gasteiger partial charge in [-0.05, 0) is 93.0 Å². The van der Waals surface area contributed by atoms with Crippen molar-refractivity contribution < 1.29 is 19.1 Å². The molecule has 1 fully saturated rings. The van der Waals surface area contributed by atoms with Gasteiger partial charge in [-0.15, -0.1) is 0 Å². The van der Waals surface area contributed by atoms with E-state index in [2.05, 4.69) is 52.2 Å². The van der Waals surface area contributed by atoms with Crippen molar-refractivity contribution in [3.05, 3.63) is 110 Å². The van der Waals surface area contributed by atoms with Crippen LogP contribution in [0.25, 0.3) is 16.8 Å². The summed E-state index contributed by atoms with van der Waals surface area (Å²) < 4.78 is 6.84. The molecule has 1 heterocycles. The van der Waals surface area contributed by atoms with E-state index in [-0.39, 0.29) is 5.57 Å². The van der Waals surface area contributed by atoms with Gasteiger partial charge in [0, 0.05) is 5.02 Å². The van der Waals surface area contributed by atoms with E-state index in [1.165, 1.54) is 23.6 Å². The van der Waals surface area contributed by atoms with Crippen molar-refractivity contribution in [2.45, 2.75) is 6.61 Å². The molecular weight excluding hydrogens is 591 g/mol. The second-order valence-electron chi connectivity index (χ2n) is 8.09. The minimum atomic E-state index is -0.809. The zero-order valence-corrected chi connectivity index (χ0v) is 21.6. The minimum Gasteiger partial charge on any atom is -0.488 e. The van der Waals surface area contributed by atoms with Crippen LogP contribution in [-0.2, 0) is 16.2 Å². The lowest BCUT2D eigenvalue weighted by Gasteiger charge is -2.26. The van der Waals surface area contributed by atoms with Gasteiger partial charge < -0.3 is 4.74 Å². The smallest absolute Gasteiger partial charge is 0.335 e. The number of anilines is 1. The third-order valence-corrected chi connectivity index (χ3v) is 6.76. The second kappa shape index (κ2) is 10.1. The van der Waals surface area contributed by atoms with Crippen LogP contribution in [0.5, 0.6) is 5.75 Å². The molecule has 1 aliphatic rings. The molecule has 0 spiro atoms. The molecule has 1 aliphatic heterocycles. The first-order valence-corrected chi connectivity index (χ1v) is 12.4. The molecule has 36 heavy (non-hydrogen) atoms. The molecule has 4 aromatic carbocycles. The summed E-state index contributed by atoms with van der Waals surface area (Å²) in [6.07, 6.45) is 1.46. The summed E-state index contributed by atoms with van der Waals surface area (Å²) in [5, 5.41) is 5.01. The molecule has 5 rings (SSSR count). The number of ether oxygens (including phenoxy) is 1. The Balaban J connectivity index is 1.35. The van der Waals surface area contributed by atoms with Crippen LogP contribution in [0, 0.1) is 3.57 Å². The van der Waals surface area contributed by atoms with E-state index in [1.807, 2.05) is 24.3 Å². The summed E-state index contributed by atoms with van der Waals surface area (Å²) in [4.78, 5) is 38.8. The molecule has 0 unspecified atom stereocenters. The van der Waals surface area contributed by atoms with Gasteiger partial charge in [-0.1, -0.05) is 54.1 Å². The van der Waals surface area contributed by atoms with Gasteiger partial charge in [-0.3, -0.25) is 14.9 Å². The quantitative estimate of drug-likeness (QED) is 0.163. The van der Waals surface area contributed by atoms with Crippen molar-refractivity contribution in [2.75, 3.05) is 4.90 Å². The van der Waals surface area contributed by atoms with Crippen LogP contribution in [-0.4, -0.2) is 17.8 Å². The van der Waals surface area contributed by atoms with Crippen molar-refractivity contribution in [1.29, 1.82) is 0 Å². The molecule has 0 radical (unpaired) electrons. The zero-order chi connectivity index (χ0) is 25.2. The highest BCUT2D eigenvalue weighted by Crippen LogP contribution is 2.27. The SMILES string of the molecule is O=C1NC(=O)N(c2ccc(Cl)cc2)C(=O)/C1=C/c1ccc(OCc2ccc3ccccc3c2)c(I)c1. The van der Waals surface area contributed by atoms with E-state index in [9.17, 15) is 14.4 Å². The van der Waals surface area contributed by atoms with Crippen LogP contribution < -0.4 is 15.0 Å². The first kappa shape index (κ1) is 24.0. The summed E-state index contributed by atoms with van der Waals surface area (Å²) in [7, 11) is 0. The minimum absolute atomic E-state index is 0.148. The fourth-order valence-electron chi connectivity index (χ4n) is 3.86. The largest absolute Gasteiger partial charge is 0.488 e. The van der Waals surface area contributed by atoms with Crippen LogP contribution in [0.15, 0.2) is 90.5 Å². The molecule has 6 nitrogen and oxygen atoms in total. The number of imide groups is 2. The van der Waals surface area contributed by atoms with E-state index in [0.717, 1.165) is 19.4 Å². The van der Waals surface area contributed by atoms with E-state index in [0.29, 0.717) is 28.6 Å². The van der Waals surface area contributed by atoms with Crippen molar-refractivity contribution in [1.82, 2.24) is 5.32 Å². The summed E-state index contributed by atoms with van der Waals surface area (Å²) in [5.41, 5.74) is 1.84. The Bertz CT molecular complexity index is 1550. The Morgan fingerprint density at radius 2 is 1.64 bits per heavy atom. The predicted molar refractivity (Wildman–Crippen MR) is 148 cm³/mol. The Morgan fingerprint density at radius 1 is 0.889 bits per heavy atom. The maximum absolute atomic E-state index is 13.1. The molecule has 4 amide bonds. The van der Waals surface area contributed by atoms with Gasteiger partial charge in [-0.2, -0.15) is 0 Å². The highest BCUT2D eigenvalue weighted by molar-refractivity contribution is 14.1. The lowest BCUT2D eigenvalue weighted by Crippen LogP contribution is -2.54. The van der Waals surface area contributed by atoms with Gasteiger partial charge in [0.15, 0.2) is 0 Å². The summed E-state index contributed by atoms with van der Waals surface area (Å²) in [6.45, 7) is 0.403. The third-order valence-electron chi connectivity index (χ3n) is 5.66. The number of nitrogens with zero attached hydrogens (tertiary/aromatic N) is 1. The number of benzene rings is 4. The fraction of sp³-hybridized carbons (Fsp3) is 0.0357. The van der Waals surface area contributed by atoms with Crippen LogP contribution in [0.1, 0.15) is 11.1 Å². The number of fused-ring (bicyclic) bond motifs is 1. The van der Waals surface area contributed by atoms with Crippen molar-refractivity contribution >= 4 is 74.6 Å². The molecule has 4 aromatic rings. The van der Waals surface area contributed by atoms with Gasteiger partial charge in [0.1, 0.15) is 17.9 Å². The fourth-order valence-corrected chi connectivity index (χ4v) is 4.68. The lowest BCUT2D eigenvalue weighted by atomic mass is 10.1. The van der Waals surface area contributed by atoms with E-state index < -0.39 is 17.8 Å². The van der Waals surface area contributed by atoms with Gasteiger partial charge in [-0.25, -0.2) is 9.69 Å². The molecule has 0 aromatic heterocycles. The summed E-state index contributed by atoms with van der Waals surface area (Å²) in [6, 6.07) is 25.1. The van der Waals surface area contributed by atoms with Crippen molar-refractivity contribution in [2.24, 2.45) is 0 Å². The van der Waals surface area contributed by atoms with Crippen molar-refractivity contribution in [3.8, 4) is 5.75 Å². The number of carbonyl (C=O) groups is 3. The third kappa shape index (κ3) is 4.98. The lowest BCUT2D eigenvalue weighted by molar-refractivity contribution is -0.122. The molecule has 178 valence electrons. The number of hydrogen-bond acceptors (Lipinski definition) is 4. The summed E-state index contributed by atoms with van der Waals surface area (Å²) >= 11 is 8.06. The monoisotopic (exact) mass is 608 g/mol. The highest BCUT2D eigenvalue weighted by atomic mass is 127. The molecule has 0 atom stereocenters. The number of barbiturate groups is 1. The van der Waals surface area contributed by atoms with Crippen LogP contribution in [0.4, 0.5) is 10.5 Å². The predicted octanol–water partition coefficient (Wildman–Crippen LogP) is 6.34. The van der Waals surface area contributed by atoms with Gasteiger partial charge in [0.2, 0.25) is 0 Å². The Hall–Kier alpha value is -3.69. The van der Waals surface area contributed by atoms with Crippen molar-refractivity contribution in [3.63, 3.8) is 0 Å². The molecule has 0 aliphatic carbocycles. The summed E-state index contributed by atoms with van der Waals surface area (Å²) in [5.74, 6) is -0.775. The standard InChI is InChI=1S/C28H18ClIN2O4/c29-21-8-10-22(11-9-21)32-27(34)23(26(33)31-28(32)35)14-17-6-12-25(24(30)15-17)36-16-18-5-7-19-3-1-2-4-20(19)13-18/h1-15H,16H2,(H,31,33,35)/b23-14+. The Morgan fingerprint density at radius 3 is 2.39 bits per heavy atom. The Kier molecular flexibility index (Phi) is 6.75. The first-order chi connectivity index (χ1) is 17.4. The first-order valence-electron chi connectivity index (χ1n) is 11.0. The molecule has 1 N–H and O–H groups in total. The highest BCUT2D eigenvalue weighted by Gasteiger charge is 2.36. The molecule has 1 saturated heterocycles. The molecular formula is C28H18ClIN2O4. The number of amides is 4. The maximum atomic E-state index is 13.1. The molecule has 8 heteroatoms. The van der Waals surface area contributed by atoms with Crippen LogP contribution in [0.3, 0.4) is 0 Å². The zero-order valence-electron chi connectivity index (χ0n) is 18.7. The number of rotatable bonds is 5. The number of nitrogens with one attached hydrogen (secondary N) is 1. The molecule has 0 bridgehead atoms. The van der Waals surface area contributed by atoms with E-state index in [4.69, 9.17) is 16.3 Å². The normalized spacial score (nSPS) is 14.9. The van der Waals surface area contributed by atoms with Gasteiger partial charge in [0.05, 0.1) is 9.26 Å². The maximum Gasteiger partial charge on any atom is 0.335 e. The average Bonchev–Trinajstić information content (AvgIpc) is 2.87. The van der Waals surface area contributed by atoms with E-state index in [1.54, 1.807) is 24.3 Å². The topological polar surface area (TPSA) is 75.7 Å².